The average molecular weight is 537 g/mol. The van der Waals surface area contributed by atoms with Crippen molar-refractivity contribution in [3.63, 3.8) is 0 Å². The first kappa shape index (κ1) is 24.7. The topological polar surface area (TPSA) is 139 Å². The summed E-state index contributed by atoms with van der Waals surface area (Å²) in [5.41, 5.74) is 4.00. The van der Waals surface area contributed by atoms with E-state index in [9.17, 15) is 27.4 Å². The van der Waals surface area contributed by atoms with Gasteiger partial charge in [-0.1, -0.05) is 30.3 Å². The van der Waals surface area contributed by atoms with Gasteiger partial charge in [0.2, 0.25) is 0 Å². The van der Waals surface area contributed by atoms with Crippen molar-refractivity contribution < 1.29 is 22.6 Å². The van der Waals surface area contributed by atoms with E-state index in [-0.39, 0.29) is 33.5 Å². The molecule has 2 N–H and O–H groups in total. The molecule has 3 aromatic carbocycles. The maximum atomic E-state index is 13.2. The van der Waals surface area contributed by atoms with E-state index in [0.717, 1.165) is 11.6 Å². The fourth-order valence-electron chi connectivity index (χ4n) is 4.09. The van der Waals surface area contributed by atoms with Crippen LogP contribution in [0.15, 0.2) is 82.5 Å². The quantitative estimate of drug-likeness (QED) is 0.371. The molecule has 0 saturated carbocycles. The van der Waals surface area contributed by atoms with Crippen molar-refractivity contribution in [1.29, 1.82) is 0 Å². The smallest absolute Gasteiger partial charge is 0.282 e. The van der Waals surface area contributed by atoms with Gasteiger partial charge in [-0.2, -0.15) is 8.42 Å². The number of hydrogen-bond acceptors (Lipinski definition) is 7. The Kier molecular flexibility index (Phi) is 6.31. The molecule has 4 aromatic rings. The maximum absolute atomic E-state index is 13.2. The molecule has 188 valence electrons. The van der Waals surface area contributed by atoms with Crippen molar-refractivity contribution >= 4 is 44.6 Å². The largest absolute Gasteiger partial charge is 0.294 e. The fourth-order valence-corrected chi connectivity index (χ4v) is 5.70. The summed E-state index contributed by atoms with van der Waals surface area (Å²) in [5.74, 6) is -0.103. The zero-order valence-electron chi connectivity index (χ0n) is 19.4. The van der Waals surface area contributed by atoms with Gasteiger partial charge in [0.1, 0.15) is 11.2 Å². The highest BCUT2D eigenvalue weighted by molar-refractivity contribution is 8.00. The number of aryl methyl sites for hydroxylation is 1. The van der Waals surface area contributed by atoms with E-state index < -0.39 is 26.5 Å². The van der Waals surface area contributed by atoms with Gasteiger partial charge >= 0.3 is 0 Å². The van der Waals surface area contributed by atoms with Crippen molar-refractivity contribution in [3.05, 3.63) is 100 Å². The summed E-state index contributed by atoms with van der Waals surface area (Å²) in [5, 5.41) is 0.999. The van der Waals surface area contributed by atoms with E-state index in [0.29, 0.717) is 11.5 Å². The minimum atomic E-state index is -4.50. The summed E-state index contributed by atoms with van der Waals surface area (Å²) < 4.78 is 33.7. The SMILES string of the molecule is Cc1nc2ccc(S(=O)(=O)O)cc2c(=O)n1-c1ccc(C(=O)NN2C(=O)CSC2c2ccccc2)cc1. The number of amides is 2. The van der Waals surface area contributed by atoms with Crippen molar-refractivity contribution in [3.8, 4) is 5.69 Å². The number of carbonyl (C=O) groups is 2. The van der Waals surface area contributed by atoms with Gasteiger partial charge in [0, 0.05) is 5.56 Å². The van der Waals surface area contributed by atoms with Crippen molar-refractivity contribution in [2.75, 3.05) is 5.75 Å². The van der Waals surface area contributed by atoms with E-state index in [2.05, 4.69) is 10.4 Å². The highest BCUT2D eigenvalue weighted by Crippen LogP contribution is 2.37. The van der Waals surface area contributed by atoms with Crippen LogP contribution in [0.2, 0.25) is 0 Å². The predicted molar refractivity (Wildman–Crippen MR) is 138 cm³/mol. The van der Waals surface area contributed by atoms with Gasteiger partial charge in [0.15, 0.2) is 0 Å². The van der Waals surface area contributed by atoms with E-state index >= 15 is 0 Å². The van der Waals surface area contributed by atoms with Crippen LogP contribution in [-0.4, -0.2) is 45.1 Å². The number of hydrogen-bond donors (Lipinski definition) is 2. The second-order valence-corrected chi connectivity index (χ2v) is 10.8. The molecule has 0 radical (unpaired) electrons. The van der Waals surface area contributed by atoms with Gasteiger partial charge in [0.05, 0.1) is 27.2 Å². The Bertz CT molecular complexity index is 1700. The molecule has 37 heavy (non-hydrogen) atoms. The maximum Gasteiger partial charge on any atom is 0.294 e. The van der Waals surface area contributed by atoms with Crippen molar-refractivity contribution in [2.24, 2.45) is 0 Å². The summed E-state index contributed by atoms with van der Waals surface area (Å²) >= 11 is 1.42. The molecule has 10 nitrogen and oxygen atoms in total. The van der Waals surface area contributed by atoms with Crippen LogP contribution in [0, 0.1) is 6.92 Å². The van der Waals surface area contributed by atoms with E-state index in [1.54, 1.807) is 19.1 Å². The normalized spacial score (nSPS) is 15.8. The second-order valence-electron chi connectivity index (χ2n) is 8.28. The minimum absolute atomic E-state index is 0.0135. The van der Waals surface area contributed by atoms with E-state index in [1.807, 2.05) is 30.3 Å². The molecule has 1 fully saturated rings. The molecule has 1 unspecified atom stereocenters. The van der Waals surface area contributed by atoms with Crippen molar-refractivity contribution in [2.45, 2.75) is 17.2 Å². The van der Waals surface area contributed by atoms with E-state index in [4.69, 9.17) is 0 Å². The molecular weight excluding hydrogens is 516 g/mol. The Hall–Kier alpha value is -4.00. The lowest BCUT2D eigenvalue weighted by Crippen LogP contribution is -2.44. The summed E-state index contributed by atoms with van der Waals surface area (Å²) in [4.78, 5) is 42.5. The molecule has 12 heteroatoms. The lowest BCUT2D eigenvalue weighted by atomic mass is 10.2. The van der Waals surface area contributed by atoms with Gasteiger partial charge in [0.25, 0.3) is 27.5 Å². The van der Waals surface area contributed by atoms with Gasteiger partial charge in [-0.15, -0.1) is 11.8 Å². The first-order valence-corrected chi connectivity index (χ1v) is 13.5. The average Bonchev–Trinajstić information content (AvgIpc) is 3.24. The number of benzene rings is 3. The Labute approximate surface area is 215 Å². The van der Waals surface area contributed by atoms with Crippen LogP contribution < -0.4 is 11.0 Å². The third-order valence-corrected chi connectivity index (χ3v) is 7.93. The van der Waals surface area contributed by atoms with Gasteiger partial charge < -0.3 is 0 Å². The standard InChI is InChI=1S/C25H20N4O6S2/c1-15-26-21-12-11-19(37(33,34)35)13-20(21)24(32)28(15)18-9-7-16(8-10-18)23(31)27-29-22(30)14-36-25(29)17-5-3-2-4-6-17/h2-13,25H,14H2,1H3,(H,27,31)(H,33,34,35). The number of fused-ring (bicyclic) bond motifs is 1. The molecule has 1 aliphatic heterocycles. The first-order valence-electron chi connectivity index (χ1n) is 11.0. The Morgan fingerprint density at radius 3 is 2.43 bits per heavy atom. The third kappa shape index (κ3) is 4.73. The highest BCUT2D eigenvalue weighted by atomic mass is 32.2. The Morgan fingerprint density at radius 2 is 1.76 bits per heavy atom. The molecule has 0 spiro atoms. The van der Waals surface area contributed by atoms with Crippen LogP contribution in [0.25, 0.3) is 16.6 Å². The molecule has 1 aromatic heterocycles. The van der Waals surface area contributed by atoms with Gasteiger partial charge in [-0.3, -0.25) is 28.9 Å². The fraction of sp³-hybridized carbons (Fsp3) is 0.120. The molecule has 5 rings (SSSR count). The zero-order valence-corrected chi connectivity index (χ0v) is 21.0. The monoisotopic (exact) mass is 536 g/mol. The number of carbonyl (C=O) groups excluding carboxylic acids is 2. The number of nitrogens with one attached hydrogen (secondary N) is 1. The number of aromatic nitrogens is 2. The van der Waals surface area contributed by atoms with Crippen LogP contribution >= 0.6 is 11.8 Å². The molecule has 2 amide bonds. The van der Waals surface area contributed by atoms with Crippen LogP contribution in [-0.2, 0) is 14.9 Å². The van der Waals surface area contributed by atoms with Gasteiger partial charge in [-0.25, -0.2) is 9.99 Å². The highest BCUT2D eigenvalue weighted by Gasteiger charge is 2.34. The van der Waals surface area contributed by atoms with Gasteiger partial charge in [-0.05, 0) is 55.0 Å². The Morgan fingerprint density at radius 1 is 1.05 bits per heavy atom. The summed E-state index contributed by atoms with van der Waals surface area (Å²) in [6, 6.07) is 19.1. The number of nitrogens with zero attached hydrogens (tertiary/aromatic N) is 3. The lowest BCUT2D eigenvalue weighted by molar-refractivity contribution is -0.130. The molecule has 0 bridgehead atoms. The molecule has 0 aliphatic carbocycles. The zero-order chi connectivity index (χ0) is 26.3. The number of hydrazine groups is 1. The second kappa shape index (κ2) is 9.47. The summed E-state index contributed by atoms with van der Waals surface area (Å²) in [6.45, 7) is 1.62. The third-order valence-electron chi connectivity index (χ3n) is 5.87. The molecule has 1 atom stereocenters. The van der Waals surface area contributed by atoms with Crippen LogP contribution in [0.3, 0.4) is 0 Å². The number of thioether (sulfide) groups is 1. The molecule has 1 saturated heterocycles. The summed E-state index contributed by atoms with van der Waals surface area (Å²) in [6.07, 6.45) is 0. The van der Waals surface area contributed by atoms with Crippen LogP contribution in [0.4, 0.5) is 0 Å². The Balaban J connectivity index is 1.43. The summed E-state index contributed by atoms with van der Waals surface area (Å²) in [7, 11) is -4.50. The first-order chi connectivity index (χ1) is 17.6. The van der Waals surface area contributed by atoms with Crippen LogP contribution in [0.5, 0.6) is 0 Å². The molecule has 1 aliphatic rings. The molecule has 2 heterocycles. The van der Waals surface area contributed by atoms with Crippen LogP contribution in [0.1, 0.15) is 27.1 Å². The number of rotatable bonds is 5. The minimum Gasteiger partial charge on any atom is -0.282 e. The van der Waals surface area contributed by atoms with Crippen molar-refractivity contribution in [1.82, 2.24) is 20.0 Å². The lowest BCUT2D eigenvalue weighted by Gasteiger charge is -2.24. The molecular formula is C25H20N4O6S2. The van der Waals surface area contributed by atoms with E-state index in [1.165, 1.54) is 45.6 Å². The predicted octanol–water partition coefficient (Wildman–Crippen LogP) is 2.86.